The number of carbonyl (C=O) groups is 2. The van der Waals surface area contributed by atoms with Crippen LogP contribution in [-0.2, 0) is 11.3 Å². The van der Waals surface area contributed by atoms with Gasteiger partial charge in [0.25, 0.3) is 5.56 Å². The van der Waals surface area contributed by atoms with E-state index in [0.717, 1.165) is 12.1 Å². The van der Waals surface area contributed by atoms with Gasteiger partial charge >= 0.3 is 5.97 Å². The molecule has 0 atom stereocenters. The van der Waals surface area contributed by atoms with Crippen molar-refractivity contribution in [3.8, 4) is 23.1 Å². The van der Waals surface area contributed by atoms with Crippen LogP contribution in [0.1, 0.15) is 16.8 Å². The van der Waals surface area contributed by atoms with E-state index in [-0.39, 0.29) is 18.8 Å². The smallest absolute Gasteiger partial charge is 0.339 e. The van der Waals surface area contributed by atoms with Gasteiger partial charge in [-0.1, -0.05) is 0 Å². The van der Waals surface area contributed by atoms with Crippen LogP contribution in [0, 0.1) is 0 Å². The number of anilines is 1. The molecule has 144 valence electrons. The fraction of sp³-hybridized carbons (Fsp3) is 0.235. The second kappa shape index (κ2) is 8.13. The van der Waals surface area contributed by atoms with Crippen LogP contribution in [0.15, 0.2) is 29.1 Å². The maximum Gasteiger partial charge on any atom is 0.339 e. The number of hydrogen-bond donors (Lipinski definition) is 4. The summed E-state index contributed by atoms with van der Waals surface area (Å²) in [5.74, 6) is -2.91. The van der Waals surface area contributed by atoms with E-state index in [2.05, 4.69) is 5.32 Å². The summed E-state index contributed by atoms with van der Waals surface area (Å²) in [5, 5.41) is 30.9. The summed E-state index contributed by atoms with van der Waals surface area (Å²) in [7, 11) is 2.75. The molecule has 0 aliphatic rings. The van der Waals surface area contributed by atoms with Crippen molar-refractivity contribution in [3.05, 3.63) is 40.2 Å². The zero-order chi connectivity index (χ0) is 20.1. The largest absolute Gasteiger partial charge is 0.506 e. The highest BCUT2D eigenvalue weighted by Gasteiger charge is 2.19. The summed E-state index contributed by atoms with van der Waals surface area (Å²) in [5.41, 5.74) is -1.32. The summed E-state index contributed by atoms with van der Waals surface area (Å²) in [6, 6.07) is 4.73. The van der Waals surface area contributed by atoms with E-state index < -0.39 is 40.2 Å². The SMILES string of the molecule is COc1ccc(=O)n(CCC(=O)Nc2c(O)ccc(C(=O)O)c2O)c1OC. The number of nitrogens with one attached hydrogen (secondary N) is 1. The summed E-state index contributed by atoms with van der Waals surface area (Å²) < 4.78 is 11.4. The Labute approximate surface area is 153 Å². The molecule has 0 fully saturated rings. The number of carboxylic acids is 1. The molecule has 10 heteroatoms. The minimum absolute atomic E-state index is 0.0782. The molecular weight excluding hydrogens is 360 g/mol. The second-order valence-electron chi connectivity index (χ2n) is 5.36. The number of carboxylic acid groups (broad SMARTS) is 1. The van der Waals surface area contributed by atoms with Gasteiger partial charge in [-0.2, -0.15) is 0 Å². The third-order valence-electron chi connectivity index (χ3n) is 3.73. The van der Waals surface area contributed by atoms with E-state index >= 15 is 0 Å². The van der Waals surface area contributed by atoms with Gasteiger partial charge in [-0.05, 0) is 18.2 Å². The monoisotopic (exact) mass is 378 g/mol. The number of aromatic carboxylic acids is 1. The normalized spacial score (nSPS) is 10.3. The summed E-state index contributed by atoms with van der Waals surface area (Å²) >= 11 is 0. The van der Waals surface area contributed by atoms with E-state index in [1.165, 1.54) is 30.9 Å². The highest BCUT2D eigenvalue weighted by atomic mass is 16.5. The van der Waals surface area contributed by atoms with Crippen molar-refractivity contribution in [2.24, 2.45) is 0 Å². The molecule has 10 nitrogen and oxygen atoms in total. The van der Waals surface area contributed by atoms with Crippen molar-refractivity contribution in [2.45, 2.75) is 13.0 Å². The zero-order valence-corrected chi connectivity index (χ0v) is 14.6. The third-order valence-corrected chi connectivity index (χ3v) is 3.73. The first-order valence-electron chi connectivity index (χ1n) is 7.70. The molecule has 0 radical (unpaired) electrons. The van der Waals surface area contributed by atoms with Gasteiger partial charge in [-0.15, -0.1) is 0 Å². The van der Waals surface area contributed by atoms with Crippen molar-refractivity contribution in [1.29, 1.82) is 0 Å². The van der Waals surface area contributed by atoms with Gasteiger partial charge in [-0.25, -0.2) is 4.79 Å². The average Bonchev–Trinajstić information content (AvgIpc) is 2.63. The van der Waals surface area contributed by atoms with E-state index in [1.807, 2.05) is 0 Å². The lowest BCUT2D eigenvalue weighted by Gasteiger charge is -2.15. The van der Waals surface area contributed by atoms with Gasteiger partial charge in [-0.3, -0.25) is 14.2 Å². The van der Waals surface area contributed by atoms with Gasteiger partial charge in [0.15, 0.2) is 11.5 Å². The molecule has 1 aromatic heterocycles. The van der Waals surface area contributed by atoms with Crippen molar-refractivity contribution in [1.82, 2.24) is 4.57 Å². The number of methoxy groups -OCH3 is 2. The van der Waals surface area contributed by atoms with Gasteiger partial charge in [0.2, 0.25) is 11.8 Å². The van der Waals surface area contributed by atoms with Gasteiger partial charge in [0.1, 0.15) is 17.0 Å². The Morgan fingerprint density at radius 3 is 2.41 bits per heavy atom. The molecule has 27 heavy (non-hydrogen) atoms. The highest BCUT2D eigenvalue weighted by molar-refractivity contribution is 5.99. The van der Waals surface area contributed by atoms with Crippen LogP contribution in [-0.4, -0.2) is 46.0 Å². The van der Waals surface area contributed by atoms with E-state index in [9.17, 15) is 24.6 Å². The Morgan fingerprint density at radius 2 is 1.81 bits per heavy atom. The Kier molecular flexibility index (Phi) is 5.91. The molecular formula is C17H18N2O8. The molecule has 0 saturated heterocycles. The number of phenols is 2. The van der Waals surface area contributed by atoms with Crippen molar-refractivity contribution < 1.29 is 34.4 Å². The molecule has 4 N–H and O–H groups in total. The first kappa shape index (κ1) is 19.6. The number of aromatic hydroxyl groups is 2. The molecule has 1 heterocycles. The molecule has 0 spiro atoms. The van der Waals surface area contributed by atoms with Gasteiger partial charge in [0, 0.05) is 19.0 Å². The van der Waals surface area contributed by atoms with Crippen LogP contribution >= 0.6 is 0 Å². The van der Waals surface area contributed by atoms with E-state index in [4.69, 9.17) is 14.6 Å². The van der Waals surface area contributed by atoms with Crippen LogP contribution in [0.5, 0.6) is 23.1 Å². The topological polar surface area (TPSA) is 147 Å². The molecule has 1 aromatic carbocycles. The van der Waals surface area contributed by atoms with Crippen LogP contribution in [0.25, 0.3) is 0 Å². The average molecular weight is 378 g/mol. The van der Waals surface area contributed by atoms with Gasteiger partial charge in [0.05, 0.1) is 14.2 Å². The molecule has 2 rings (SSSR count). The maximum atomic E-state index is 12.2. The number of hydrogen-bond acceptors (Lipinski definition) is 7. The molecule has 0 aliphatic carbocycles. The molecule has 2 aromatic rings. The number of pyridine rings is 1. The number of nitrogens with zero attached hydrogens (tertiary/aromatic N) is 1. The third kappa shape index (κ3) is 4.11. The maximum absolute atomic E-state index is 12.2. The zero-order valence-electron chi connectivity index (χ0n) is 14.6. The lowest BCUT2D eigenvalue weighted by atomic mass is 10.1. The lowest BCUT2D eigenvalue weighted by Crippen LogP contribution is -2.24. The van der Waals surface area contributed by atoms with Crippen LogP contribution in [0.2, 0.25) is 0 Å². The number of ether oxygens (including phenoxy) is 2. The molecule has 0 bridgehead atoms. The Balaban J connectivity index is 2.21. The highest BCUT2D eigenvalue weighted by Crippen LogP contribution is 2.36. The Morgan fingerprint density at radius 1 is 1.11 bits per heavy atom. The van der Waals surface area contributed by atoms with Gasteiger partial charge < -0.3 is 30.1 Å². The number of phenolic OH excluding ortho intramolecular Hbond substituents is 1. The number of rotatable bonds is 7. The predicted molar refractivity (Wildman–Crippen MR) is 93.8 cm³/mol. The number of aromatic nitrogens is 1. The summed E-state index contributed by atoms with van der Waals surface area (Å²) in [6.07, 6.45) is -0.223. The van der Waals surface area contributed by atoms with E-state index in [1.54, 1.807) is 0 Å². The fourth-order valence-corrected chi connectivity index (χ4v) is 2.41. The van der Waals surface area contributed by atoms with Crippen LogP contribution in [0.4, 0.5) is 5.69 Å². The first-order chi connectivity index (χ1) is 12.8. The quantitative estimate of drug-likeness (QED) is 0.522. The number of amides is 1. The second-order valence-corrected chi connectivity index (χ2v) is 5.36. The minimum Gasteiger partial charge on any atom is -0.506 e. The Bertz CT molecular complexity index is 935. The molecule has 0 unspecified atom stereocenters. The first-order valence-corrected chi connectivity index (χ1v) is 7.70. The van der Waals surface area contributed by atoms with Crippen molar-refractivity contribution in [2.75, 3.05) is 19.5 Å². The minimum atomic E-state index is -1.42. The number of benzene rings is 1. The summed E-state index contributed by atoms with van der Waals surface area (Å²) in [6.45, 7) is -0.0782. The predicted octanol–water partition coefficient (Wildman–Crippen LogP) is 1.00. The summed E-state index contributed by atoms with van der Waals surface area (Å²) in [4.78, 5) is 35.2. The number of carbonyl (C=O) groups excluding carboxylic acids is 1. The molecule has 0 saturated carbocycles. The molecule has 0 aliphatic heterocycles. The fourth-order valence-electron chi connectivity index (χ4n) is 2.41. The Hall–Kier alpha value is -3.69. The molecule has 1 amide bonds. The van der Waals surface area contributed by atoms with Crippen molar-refractivity contribution in [3.63, 3.8) is 0 Å². The lowest BCUT2D eigenvalue weighted by molar-refractivity contribution is -0.116. The van der Waals surface area contributed by atoms with E-state index in [0.29, 0.717) is 5.75 Å². The standard InChI is InChI=1S/C17H18N2O8/c1-26-11-5-6-13(22)19(16(11)27-2)8-7-12(21)18-14-10(20)4-3-9(15(14)23)17(24)25/h3-6,20,23H,7-8H2,1-2H3,(H,18,21)(H,24,25). The van der Waals surface area contributed by atoms with Crippen molar-refractivity contribution >= 4 is 17.6 Å². The van der Waals surface area contributed by atoms with Crippen LogP contribution < -0.4 is 20.3 Å². The van der Waals surface area contributed by atoms with Crippen LogP contribution in [0.3, 0.4) is 0 Å².